The molecular weight excluding hydrogens is 248 g/mol. The lowest BCUT2D eigenvalue weighted by Gasteiger charge is -2.28. The molecule has 0 aromatic heterocycles. The second-order valence-corrected chi connectivity index (χ2v) is 5.14. The summed E-state index contributed by atoms with van der Waals surface area (Å²) in [6.07, 6.45) is 0.0331. The van der Waals surface area contributed by atoms with Crippen molar-refractivity contribution in [2.24, 2.45) is 5.73 Å². The van der Waals surface area contributed by atoms with Gasteiger partial charge >= 0.3 is 0 Å². The third kappa shape index (κ3) is 3.47. The van der Waals surface area contributed by atoms with Crippen LogP contribution in [0.1, 0.15) is 17.5 Å². The fraction of sp³-hybridized carbons (Fsp3) is 0.333. The number of benzene rings is 1. The number of thioether (sulfide) groups is 1. The van der Waals surface area contributed by atoms with E-state index in [-0.39, 0.29) is 17.6 Å². The lowest BCUT2D eigenvalue weighted by molar-refractivity contribution is -0.123. The summed E-state index contributed by atoms with van der Waals surface area (Å²) in [5, 5.41) is 14.6. The highest BCUT2D eigenvalue weighted by Gasteiger charge is 2.22. The van der Waals surface area contributed by atoms with Gasteiger partial charge in [-0.3, -0.25) is 10.1 Å². The van der Waals surface area contributed by atoms with Crippen LogP contribution in [0.15, 0.2) is 24.3 Å². The first-order chi connectivity index (χ1) is 8.67. The van der Waals surface area contributed by atoms with E-state index < -0.39 is 0 Å². The third-order valence-electron chi connectivity index (χ3n) is 2.56. The zero-order chi connectivity index (χ0) is 13.0. The zero-order valence-electron chi connectivity index (χ0n) is 9.72. The monoisotopic (exact) mass is 262 g/mol. The Morgan fingerprint density at radius 1 is 1.44 bits per heavy atom. The van der Waals surface area contributed by atoms with Gasteiger partial charge in [0.1, 0.15) is 5.50 Å². The Morgan fingerprint density at radius 3 is 2.78 bits per heavy atom. The minimum absolute atomic E-state index is 0.0291. The molecule has 0 aliphatic carbocycles. The fourth-order valence-electron chi connectivity index (χ4n) is 1.64. The first-order valence-electron chi connectivity index (χ1n) is 5.59. The van der Waals surface area contributed by atoms with E-state index in [0.717, 1.165) is 11.3 Å². The van der Waals surface area contributed by atoms with Gasteiger partial charge in [-0.15, -0.1) is 11.8 Å². The molecule has 0 spiro atoms. The van der Waals surface area contributed by atoms with Crippen molar-refractivity contribution in [3.63, 3.8) is 0 Å². The summed E-state index contributed by atoms with van der Waals surface area (Å²) in [7, 11) is 0. The van der Waals surface area contributed by atoms with Crippen LogP contribution in [0, 0.1) is 11.3 Å². The van der Waals surface area contributed by atoms with Crippen molar-refractivity contribution in [2.45, 2.75) is 23.8 Å². The topological polar surface area (TPSA) is 90.9 Å². The average Bonchev–Trinajstić information content (AvgIpc) is 2.36. The van der Waals surface area contributed by atoms with Crippen LogP contribution in [0.2, 0.25) is 0 Å². The minimum Gasteiger partial charge on any atom is -0.332 e. The van der Waals surface area contributed by atoms with Crippen LogP contribution in [0.25, 0.3) is 0 Å². The van der Waals surface area contributed by atoms with Crippen molar-refractivity contribution < 1.29 is 4.79 Å². The molecule has 5 nitrogen and oxygen atoms in total. The Balaban J connectivity index is 1.87. The molecule has 0 radical (unpaired) electrons. The largest absolute Gasteiger partial charge is 0.332 e. The number of nitrogens with zero attached hydrogens (tertiary/aromatic N) is 1. The van der Waals surface area contributed by atoms with Gasteiger partial charge in [-0.25, -0.2) is 0 Å². The molecule has 0 bridgehead atoms. The normalized spacial score (nSPS) is 23.2. The van der Waals surface area contributed by atoms with Gasteiger partial charge in [-0.2, -0.15) is 5.26 Å². The maximum Gasteiger partial charge on any atom is 0.224 e. The number of nitrogens with two attached hydrogens (primary N) is 1. The Labute approximate surface area is 110 Å². The highest BCUT2D eigenvalue weighted by atomic mass is 32.2. The molecule has 2 atom stereocenters. The SMILES string of the molecule is N#Cc1ccc(CSC2NC(=O)CC(N)N2)cc1. The predicted octanol–water partition coefficient (Wildman–Crippen LogP) is 0.469. The van der Waals surface area contributed by atoms with Crippen LogP contribution in [-0.2, 0) is 10.5 Å². The van der Waals surface area contributed by atoms with Crippen molar-refractivity contribution in [3.05, 3.63) is 35.4 Å². The summed E-state index contributed by atoms with van der Waals surface area (Å²) in [5.41, 5.74) is 7.30. The first-order valence-corrected chi connectivity index (χ1v) is 6.64. The van der Waals surface area contributed by atoms with Crippen LogP contribution in [0.3, 0.4) is 0 Å². The van der Waals surface area contributed by atoms with Gasteiger partial charge in [0.25, 0.3) is 0 Å². The summed E-state index contributed by atoms with van der Waals surface area (Å²) in [6, 6.07) is 9.48. The number of nitriles is 1. The van der Waals surface area contributed by atoms with Crippen LogP contribution in [-0.4, -0.2) is 17.6 Å². The quantitative estimate of drug-likeness (QED) is 0.736. The molecule has 2 unspecified atom stereocenters. The Bertz CT molecular complexity index is 468. The van der Waals surface area contributed by atoms with E-state index in [1.807, 2.05) is 12.1 Å². The molecule has 94 valence electrons. The van der Waals surface area contributed by atoms with Gasteiger partial charge < -0.3 is 11.1 Å². The summed E-state index contributed by atoms with van der Waals surface area (Å²) < 4.78 is 0. The van der Waals surface area contributed by atoms with E-state index in [2.05, 4.69) is 16.7 Å². The summed E-state index contributed by atoms with van der Waals surface area (Å²) in [4.78, 5) is 11.3. The standard InChI is InChI=1S/C12H14N4OS/c13-6-8-1-3-9(4-2-8)7-18-12-15-10(14)5-11(17)16-12/h1-4,10,12,15H,5,7,14H2,(H,16,17). The molecule has 18 heavy (non-hydrogen) atoms. The highest BCUT2D eigenvalue weighted by Crippen LogP contribution is 2.17. The van der Waals surface area contributed by atoms with Gasteiger partial charge in [-0.05, 0) is 17.7 Å². The van der Waals surface area contributed by atoms with Crippen molar-refractivity contribution in [1.29, 1.82) is 5.26 Å². The smallest absolute Gasteiger partial charge is 0.224 e. The second-order valence-electron chi connectivity index (χ2n) is 4.04. The van der Waals surface area contributed by atoms with Gasteiger partial charge in [0.15, 0.2) is 0 Å². The zero-order valence-corrected chi connectivity index (χ0v) is 10.5. The fourth-order valence-corrected chi connectivity index (χ4v) is 2.68. The average molecular weight is 262 g/mol. The molecule has 1 amide bonds. The lowest BCUT2D eigenvalue weighted by Crippen LogP contribution is -2.57. The molecule has 1 heterocycles. The van der Waals surface area contributed by atoms with Crippen LogP contribution in [0.5, 0.6) is 0 Å². The number of nitrogens with one attached hydrogen (secondary N) is 2. The number of hydrogen-bond acceptors (Lipinski definition) is 5. The molecule has 2 rings (SSSR count). The maximum absolute atomic E-state index is 11.3. The van der Waals surface area contributed by atoms with E-state index >= 15 is 0 Å². The van der Waals surface area contributed by atoms with E-state index in [9.17, 15) is 4.79 Å². The number of rotatable bonds is 3. The molecule has 1 fully saturated rings. The van der Waals surface area contributed by atoms with Gasteiger partial charge in [0, 0.05) is 5.75 Å². The van der Waals surface area contributed by atoms with E-state index in [4.69, 9.17) is 11.0 Å². The molecule has 1 aromatic rings. The molecule has 4 N–H and O–H groups in total. The molecule has 1 saturated heterocycles. The molecule has 1 aromatic carbocycles. The minimum atomic E-state index is -0.280. The molecule has 1 aliphatic heterocycles. The van der Waals surface area contributed by atoms with E-state index in [1.165, 1.54) is 0 Å². The van der Waals surface area contributed by atoms with Crippen LogP contribution in [0.4, 0.5) is 0 Å². The van der Waals surface area contributed by atoms with Crippen molar-refractivity contribution in [2.75, 3.05) is 0 Å². The number of hydrogen-bond donors (Lipinski definition) is 3. The number of amides is 1. The Kier molecular flexibility index (Phi) is 4.20. The maximum atomic E-state index is 11.3. The van der Waals surface area contributed by atoms with Crippen LogP contribution >= 0.6 is 11.8 Å². The highest BCUT2D eigenvalue weighted by molar-refractivity contribution is 7.99. The summed E-state index contributed by atoms with van der Waals surface area (Å²) >= 11 is 1.57. The Morgan fingerprint density at radius 2 is 2.17 bits per heavy atom. The van der Waals surface area contributed by atoms with Gasteiger partial charge in [0.05, 0.1) is 24.2 Å². The van der Waals surface area contributed by atoms with E-state index in [1.54, 1.807) is 23.9 Å². The summed E-state index contributed by atoms with van der Waals surface area (Å²) in [6.45, 7) is 0. The van der Waals surface area contributed by atoms with E-state index in [0.29, 0.717) is 12.0 Å². The Hall–Kier alpha value is -1.55. The van der Waals surface area contributed by atoms with Crippen molar-refractivity contribution in [3.8, 4) is 6.07 Å². The molecule has 6 heteroatoms. The van der Waals surface area contributed by atoms with Gasteiger partial charge in [-0.1, -0.05) is 12.1 Å². The van der Waals surface area contributed by atoms with Crippen molar-refractivity contribution >= 4 is 17.7 Å². The third-order valence-corrected chi connectivity index (χ3v) is 3.65. The predicted molar refractivity (Wildman–Crippen MR) is 70.1 cm³/mol. The molecular formula is C12H14N4OS. The summed E-state index contributed by atoms with van der Waals surface area (Å²) in [5.74, 6) is 0.717. The molecule has 1 aliphatic rings. The number of carbonyl (C=O) groups is 1. The first kappa shape index (κ1) is 12.9. The number of carbonyl (C=O) groups excluding carboxylic acids is 1. The van der Waals surface area contributed by atoms with Crippen LogP contribution < -0.4 is 16.4 Å². The van der Waals surface area contributed by atoms with Crippen molar-refractivity contribution in [1.82, 2.24) is 10.6 Å². The molecule has 0 saturated carbocycles. The lowest BCUT2D eigenvalue weighted by atomic mass is 10.2. The second kappa shape index (κ2) is 5.87. The van der Waals surface area contributed by atoms with Gasteiger partial charge in [0.2, 0.25) is 5.91 Å².